The minimum Gasteiger partial charge on any atom is -0.443 e. The second-order valence-electron chi connectivity index (χ2n) is 5.98. The third-order valence-corrected chi connectivity index (χ3v) is 4.42. The fourth-order valence-electron chi connectivity index (χ4n) is 2.99. The number of oxazole rings is 1. The molecule has 1 fully saturated rings. The van der Waals surface area contributed by atoms with E-state index in [1.54, 1.807) is 11.8 Å². The molecule has 0 spiro atoms. The summed E-state index contributed by atoms with van der Waals surface area (Å²) in [7, 11) is 0. The molecule has 2 amide bonds. The maximum Gasteiger partial charge on any atom is 0.223 e. The number of carbonyl (C=O) groups excluding carboxylic acids is 2. The third-order valence-electron chi connectivity index (χ3n) is 4.42. The summed E-state index contributed by atoms with van der Waals surface area (Å²) in [5, 5.41) is 3.00. The fourth-order valence-corrected chi connectivity index (χ4v) is 2.99. The second-order valence-corrected chi connectivity index (χ2v) is 5.98. The number of hydrogen-bond acceptors (Lipinski definition) is 4. The van der Waals surface area contributed by atoms with Crippen LogP contribution in [-0.4, -0.2) is 41.3 Å². The minimum atomic E-state index is 0.0161. The van der Waals surface area contributed by atoms with E-state index >= 15 is 0 Å². The number of rotatable bonds is 4. The van der Waals surface area contributed by atoms with Crippen molar-refractivity contribution >= 4 is 22.9 Å². The van der Waals surface area contributed by atoms with Gasteiger partial charge in [-0.2, -0.15) is 0 Å². The van der Waals surface area contributed by atoms with Crippen LogP contribution < -0.4 is 5.32 Å². The topological polar surface area (TPSA) is 75.4 Å². The summed E-state index contributed by atoms with van der Waals surface area (Å²) in [5.74, 6) is 0.197. The zero-order valence-corrected chi connectivity index (χ0v) is 13.2. The summed E-state index contributed by atoms with van der Waals surface area (Å²) in [5.41, 5.74) is 2.72. The van der Waals surface area contributed by atoms with E-state index in [9.17, 15) is 9.59 Å². The molecule has 6 nitrogen and oxygen atoms in total. The molecule has 0 radical (unpaired) electrons. The Hall–Kier alpha value is -2.37. The molecule has 0 atom stereocenters. The van der Waals surface area contributed by atoms with E-state index in [0.717, 1.165) is 35.9 Å². The Morgan fingerprint density at radius 2 is 2.13 bits per heavy atom. The van der Waals surface area contributed by atoms with Gasteiger partial charge in [0, 0.05) is 32.5 Å². The zero-order chi connectivity index (χ0) is 16.2. The van der Waals surface area contributed by atoms with E-state index < -0.39 is 0 Å². The van der Waals surface area contributed by atoms with Gasteiger partial charge in [-0.3, -0.25) is 9.59 Å². The van der Waals surface area contributed by atoms with Crippen LogP contribution in [0.2, 0.25) is 0 Å². The number of carbonyl (C=O) groups is 2. The number of aromatic nitrogens is 1. The predicted molar refractivity (Wildman–Crippen MR) is 85.7 cm³/mol. The average molecular weight is 315 g/mol. The van der Waals surface area contributed by atoms with Crippen LogP contribution in [0.5, 0.6) is 0 Å². The van der Waals surface area contributed by atoms with Gasteiger partial charge in [0.25, 0.3) is 0 Å². The van der Waals surface area contributed by atoms with Crippen LogP contribution in [0.4, 0.5) is 0 Å². The van der Waals surface area contributed by atoms with Crippen molar-refractivity contribution in [3.63, 3.8) is 0 Å². The van der Waals surface area contributed by atoms with Crippen LogP contribution in [0.25, 0.3) is 11.1 Å². The van der Waals surface area contributed by atoms with E-state index in [0.29, 0.717) is 19.6 Å². The van der Waals surface area contributed by atoms with Gasteiger partial charge in [-0.15, -0.1) is 0 Å². The molecule has 2 aromatic rings. The molecule has 0 bridgehead atoms. The molecule has 1 saturated heterocycles. The van der Waals surface area contributed by atoms with Crippen molar-refractivity contribution in [2.24, 2.45) is 5.92 Å². The lowest BCUT2D eigenvalue weighted by atomic mass is 9.96. The molecule has 0 unspecified atom stereocenters. The van der Waals surface area contributed by atoms with Crippen molar-refractivity contribution in [3.8, 4) is 0 Å². The Kier molecular flexibility index (Phi) is 4.60. The van der Waals surface area contributed by atoms with Gasteiger partial charge in [0.2, 0.25) is 11.8 Å². The number of amides is 2. The number of likely N-dealkylation sites (tertiary alicyclic amines) is 1. The number of benzene rings is 1. The summed E-state index contributed by atoms with van der Waals surface area (Å²) in [6.45, 7) is 3.53. The van der Waals surface area contributed by atoms with E-state index in [-0.39, 0.29) is 17.7 Å². The summed E-state index contributed by atoms with van der Waals surface area (Å²) in [6, 6.07) is 5.88. The number of nitrogens with one attached hydrogen (secondary N) is 1. The molecule has 6 heteroatoms. The lowest BCUT2D eigenvalue weighted by molar-refractivity contribution is -0.133. The van der Waals surface area contributed by atoms with E-state index in [1.807, 2.05) is 18.2 Å². The number of hydrogen-bond donors (Lipinski definition) is 1. The molecule has 1 aliphatic heterocycles. The third kappa shape index (κ3) is 3.70. The lowest BCUT2D eigenvalue weighted by Crippen LogP contribution is -2.42. The molecule has 1 aromatic heterocycles. The Morgan fingerprint density at radius 1 is 1.35 bits per heavy atom. The fraction of sp³-hybridized carbons (Fsp3) is 0.471. The predicted octanol–water partition coefficient (Wildman–Crippen LogP) is 1.75. The van der Waals surface area contributed by atoms with E-state index in [1.165, 1.54) is 6.39 Å². The Bertz CT molecular complexity index is 702. The number of nitrogens with zero attached hydrogens (tertiary/aromatic N) is 2. The first-order valence-electron chi connectivity index (χ1n) is 7.99. The number of fused-ring (bicyclic) bond motifs is 1. The largest absolute Gasteiger partial charge is 0.443 e. The van der Waals surface area contributed by atoms with Gasteiger partial charge in [-0.25, -0.2) is 4.98 Å². The van der Waals surface area contributed by atoms with Crippen LogP contribution in [0.15, 0.2) is 29.0 Å². The van der Waals surface area contributed by atoms with Gasteiger partial charge in [0.15, 0.2) is 12.0 Å². The summed E-state index contributed by atoms with van der Waals surface area (Å²) in [6.07, 6.45) is 3.68. The summed E-state index contributed by atoms with van der Waals surface area (Å²) in [4.78, 5) is 29.4. The molecule has 0 saturated carbocycles. The van der Waals surface area contributed by atoms with Gasteiger partial charge in [-0.1, -0.05) is 6.07 Å². The van der Waals surface area contributed by atoms with Crippen LogP contribution in [0.1, 0.15) is 25.3 Å². The molecular formula is C17H21N3O3. The monoisotopic (exact) mass is 315 g/mol. The summed E-state index contributed by atoms with van der Waals surface area (Å²) < 4.78 is 5.28. The van der Waals surface area contributed by atoms with Crippen molar-refractivity contribution in [3.05, 3.63) is 30.2 Å². The van der Waals surface area contributed by atoms with Crippen LogP contribution in [-0.2, 0) is 16.0 Å². The molecule has 1 aliphatic rings. The van der Waals surface area contributed by atoms with Gasteiger partial charge in [-0.05, 0) is 37.0 Å². The molecule has 1 N–H and O–H groups in total. The molecule has 1 aromatic carbocycles. The van der Waals surface area contributed by atoms with Crippen LogP contribution >= 0.6 is 0 Å². The highest BCUT2D eigenvalue weighted by Gasteiger charge is 2.25. The first-order chi connectivity index (χ1) is 11.1. The van der Waals surface area contributed by atoms with Crippen molar-refractivity contribution in [1.29, 1.82) is 0 Å². The molecule has 0 aliphatic carbocycles. The quantitative estimate of drug-likeness (QED) is 0.932. The van der Waals surface area contributed by atoms with Crippen LogP contribution in [0.3, 0.4) is 0 Å². The Balaban J connectivity index is 1.45. The highest BCUT2D eigenvalue weighted by atomic mass is 16.3. The Labute approximate surface area is 134 Å². The number of piperidine rings is 1. The summed E-state index contributed by atoms with van der Waals surface area (Å²) >= 11 is 0. The zero-order valence-electron chi connectivity index (χ0n) is 13.2. The van der Waals surface area contributed by atoms with Crippen molar-refractivity contribution in [2.45, 2.75) is 26.2 Å². The minimum absolute atomic E-state index is 0.0161. The maximum atomic E-state index is 12.2. The molecular weight excluding hydrogens is 294 g/mol. The first kappa shape index (κ1) is 15.5. The van der Waals surface area contributed by atoms with Crippen molar-refractivity contribution < 1.29 is 14.0 Å². The highest BCUT2D eigenvalue weighted by Crippen LogP contribution is 2.18. The van der Waals surface area contributed by atoms with E-state index in [2.05, 4.69) is 10.3 Å². The SMILES string of the molecule is CC(=O)N1CCC(C(=O)NCCc2ccc3ncoc3c2)CC1. The standard InChI is InChI=1S/C17H21N3O3/c1-12(21)20-8-5-14(6-9-20)17(22)18-7-4-13-2-3-15-16(10-13)23-11-19-15/h2-3,10-11,14H,4-9H2,1H3,(H,18,22). The van der Waals surface area contributed by atoms with Gasteiger partial charge < -0.3 is 14.6 Å². The van der Waals surface area contributed by atoms with Gasteiger partial charge >= 0.3 is 0 Å². The van der Waals surface area contributed by atoms with Crippen molar-refractivity contribution in [2.75, 3.05) is 19.6 Å². The van der Waals surface area contributed by atoms with E-state index in [4.69, 9.17) is 4.42 Å². The maximum absolute atomic E-state index is 12.2. The first-order valence-corrected chi connectivity index (χ1v) is 7.99. The van der Waals surface area contributed by atoms with Crippen LogP contribution in [0, 0.1) is 5.92 Å². The molecule has 3 rings (SSSR count). The molecule has 2 heterocycles. The van der Waals surface area contributed by atoms with Gasteiger partial charge in [0.05, 0.1) is 0 Å². The normalized spacial score (nSPS) is 15.8. The van der Waals surface area contributed by atoms with Crippen molar-refractivity contribution in [1.82, 2.24) is 15.2 Å². The average Bonchev–Trinajstić information content (AvgIpc) is 3.02. The highest BCUT2D eigenvalue weighted by molar-refractivity contribution is 5.79. The smallest absolute Gasteiger partial charge is 0.223 e. The lowest BCUT2D eigenvalue weighted by Gasteiger charge is -2.30. The second kappa shape index (κ2) is 6.81. The molecule has 23 heavy (non-hydrogen) atoms. The Morgan fingerprint density at radius 3 is 2.87 bits per heavy atom. The molecule has 122 valence electrons. The van der Waals surface area contributed by atoms with Gasteiger partial charge in [0.1, 0.15) is 5.52 Å².